The molecule has 1 saturated heterocycles. The molecular formula is C19H19N3O2. The molecule has 3 aromatic rings. The summed E-state index contributed by atoms with van der Waals surface area (Å²) in [5.41, 5.74) is 4.46. The molecule has 3 heterocycles. The molecule has 1 atom stereocenters. The van der Waals surface area contributed by atoms with Gasteiger partial charge in [-0.2, -0.15) is 0 Å². The molecule has 4 rings (SSSR count). The molecule has 0 N–H and O–H groups in total. The molecule has 5 heteroatoms. The maximum absolute atomic E-state index is 12.8. The van der Waals surface area contributed by atoms with Crippen LogP contribution < -0.4 is 0 Å². The highest BCUT2D eigenvalue weighted by molar-refractivity contribution is 5.97. The smallest absolute Gasteiger partial charge is 0.257 e. The van der Waals surface area contributed by atoms with Gasteiger partial charge in [-0.3, -0.25) is 4.79 Å². The lowest BCUT2D eigenvalue weighted by atomic mass is 9.94. The lowest BCUT2D eigenvalue weighted by molar-refractivity contribution is 0.0790. The molecule has 0 bridgehead atoms. The van der Waals surface area contributed by atoms with Gasteiger partial charge in [0, 0.05) is 25.2 Å². The highest BCUT2D eigenvalue weighted by Crippen LogP contribution is 2.30. The van der Waals surface area contributed by atoms with Crippen LogP contribution in [0.3, 0.4) is 0 Å². The van der Waals surface area contributed by atoms with Crippen LogP contribution in [0.15, 0.2) is 41.1 Å². The first-order chi connectivity index (χ1) is 11.6. The van der Waals surface area contributed by atoms with E-state index in [1.807, 2.05) is 17.9 Å². The Morgan fingerprint density at radius 2 is 2.12 bits per heavy atom. The number of pyridine rings is 1. The second-order valence-corrected chi connectivity index (χ2v) is 6.44. The van der Waals surface area contributed by atoms with Crippen molar-refractivity contribution in [3.8, 4) is 0 Å². The lowest BCUT2D eigenvalue weighted by Crippen LogP contribution is -2.28. The van der Waals surface area contributed by atoms with Gasteiger partial charge in [0.2, 0.25) is 0 Å². The minimum absolute atomic E-state index is 0.0288. The van der Waals surface area contributed by atoms with Crippen molar-refractivity contribution >= 4 is 17.0 Å². The van der Waals surface area contributed by atoms with Crippen LogP contribution in [0.4, 0.5) is 0 Å². The molecule has 0 aliphatic carbocycles. The van der Waals surface area contributed by atoms with Crippen LogP contribution in [0.5, 0.6) is 0 Å². The largest absolute Gasteiger partial charge is 0.338 e. The van der Waals surface area contributed by atoms with E-state index >= 15 is 0 Å². The third-order valence-corrected chi connectivity index (χ3v) is 4.86. The number of fused-ring (bicyclic) bond motifs is 1. The molecular weight excluding hydrogens is 302 g/mol. The van der Waals surface area contributed by atoms with Crippen molar-refractivity contribution in [3.05, 3.63) is 58.9 Å². The van der Waals surface area contributed by atoms with Gasteiger partial charge in [-0.05, 0) is 37.5 Å². The third kappa shape index (κ3) is 2.46. The zero-order chi connectivity index (χ0) is 16.7. The zero-order valence-electron chi connectivity index (χ0n) is 13.8. The highest BCUT2D eigenvalue weighted by Gasteiger charge is 2.29. The molecule has 1 fully saturated rings. The molecule has 1 aromatic carbocycles. The number of carbonyl (C=O) groups is 1. The molecule has 1 unspecified atom stereocenters. The molecule has 0 spiro atoms. The van der Waals surface area contributed by atoms with Gasteiger partial charge in [0.1, 0.15) is 0 Å². The first kappa shape index (κ1) is 14.9. The summed E-state index contributed by atoms with van der Waals surface area (Å²) < 4.78 is 5.11. The summed E-state index contributed by atoms with van der Waals surface area (Å²) in [5, 5.41) is 4.69. The standard InChI is InChI=1S/C19H19N3O2/c1-12-5-3-4-6-16(12)14-7-8-22(11-14)19(23)15-9-17-13(2)21-24-18(17)20-10-15/h3-6,9-10,14H,7-8,11H2,1-2H3. The van der Waals surface area contributed by atoms with E-state index in [9.17, 15) is 4.79 Å². The molecule has 1 aliphatic heterocycles. The van der Waals surface area contributed by atoms with Crippen molar-refractivity contribution in [1.29, 1.82) is 0 Å². The zero-order valence-corrected chi connectivity index (χ0v) is 13.8. The number of benzene rings is 1. The first-order valence-electron chi connectivity index (χ1n) is 8.20. The van der Waals surface area contributed by atoms with E-state index in [0.717, 1.165) is 30.6 Å². The van der Waals surface area contributed by atoms with Gasteiger partial charge in [0.05, 0.1) is 16.6 Å². The van der Waals surface area contributed by atoms with Crippen molar-refractivity contribution in [2.45, 2.75) is 26.2 Å². The maximum atomic E-state index is 12.8. The summed E-state index contributed by atoms with van der Waals surface area (Å²) in [6.45, 7) is 5.51. The van der Waals surface area contributed by atoms with E-state index < -0.39 is 0 Å². The Hall–Kier alpha value is -2.69. The number of aromatic nitrogens is 2. The normalized spacial score (nSPS) is 17.6. The molecule has 0 saturated carbocycles. The van der Waals surface area contributed by atoms with Crippen molar-refractivity contribution in [2.75, 3.05) is 13.1 Å². The van der Waals surface area contributed by atoms with Crippen molar-refractivity contribution in [2.24, 2.45) is 0 Å². The van der Waals surface area contributed by atoms with Crippen molar-refractivity contribution in [1.82, 2.24) is 15.0 Å². The SMILES string of the molecule is Cc1ccccc1C1CCN(C(=O)c2cnc3onc(C)c3c2)C1. The van der Waals surface area contributed by atoms with Gasteiger partial charge in [-0.15, -0.1) is 0 Å². The van der Waals surface area contributed by atoms with Crippen LogP contribution in [-0.2, 0) is 0 Å². The van der Waals surface area contributed by atoms with Crippen molar-refractivity contribution < 1.29 is 9.32 Å². The van der Waals surface area contributed by atoms with Gasteiger partial charge in [-0.25, -0.2) is 4.98 Å². The summed E-state index contributed by atoms with van der Waals surface area (Å²) in [7, 11) is 0. The molecule has 1 aliphatic rings. The average Bonchev–Trinajstić information content (AvgIpc) is 3.22. The predicted molar refractivity (Wildman–Crippen MR) is 91.0 cm³/mol. The number of hydrogen-bond donors (Lipinski definition) is 0. The number of hydrogen-bond acceptors (Lipinski definition) is 4. The van der Waals surface area contributed by atoms with E-state index in [0.29, 0.717) is 17.2 Å². The minimum Gasteiger partial charge on any atom is -0.338 e. The van der Waals surface area contributed by atoms with Gasteiger partial charge >= 0.3 is 0 Å². The van der Waals surface area contributed by atoms with Gasteiger partial charge in [-0.1, -0.05) is 29.4 Å². The Morgan fingerprint density at radius 3 is 2.96 bits per heavy atom. The Labute approximate surface area is 140 Å². The monoisotopic (exact) mass is 321 g/mol. The Balaban J connectivity index is 1.56. The second kappa shape index (κ2) is 5.74. The number of nitrogens with zero attached hydrogens (tertiary/aromatic N) is 3. The van der Waals surface area contributed by atoms with Crippen LogP contribution in [0.25, 0.3) is 11.1 Å². The Bertz CT molecular complexity index is 916. The van der Waals surface area contributed by atoms with Crippen LogP contribution in [0, 0.1) is 13.8 Å². The van der Waals surface area contributed by atoms with E-state index in [1.165, 1.54) is 11.1 Å². The van der Waals surface area contributed by atoms with E-state index in [2.05, 4.69) is 41.3 Å². The quantitative estimate of drug-likeness (QED) is 0.725. The van der Waals surface area contributed by atoms with Crippen LogP contribution >= 0.6 is 0 Å². The molecule has 1 amide bonds. The Morgan fingerprint density at radius 1 is 1.29 bits per heavy atom. The number of rotatable bonds is 2. The summed E-state index contributed by atoms with van der Waals surface area (Å²) in [6.07, 6.45) is 2.58. The summed E-state index contributed by atoms with van der Waals surface area (Å²) in [6, 6.07) is 10.3. The van der Waals surface area contributed by atoms with Crippen LogP contribution in [-0.4, -0.2) is 34.0 Å². The first-order valence-corrected chi connectivity index (χ1v) is 8.20. The molecule has 5 nitrogen and oxygen atoms in total. The fourth-order valence-corrected chi connectivity index (χ4v) is 3.49. The second-order valence-electron chi connectivity index (χ2n) is 6.44. The molecule has 24 heavy (non-hydrogen) atoms. The number of amides is 1. The Kier molecular flexibility index (Phi) is 3.56. The fraction of sp³-hybridized carbons (Fsp3) is 0.316. The molecule has 122 valence electrons. The number of aryl methyl sites for hydroxylation is 2. The lowest BCUT2D eigenvalue weighted by Gasteiger charge is -2.17. The van der Waals surface area contributed by atoms with E-state index in [-0.39, 0.29) is 5.91 Å². The van der Waals surface area contributed by atoms with Crippen LogP contribution in [0.2, 0.25) is 0 Å². The van der Waals surface area contributed by atoms with Crippen molar-refractivity contribution in [3.63, 3.8) is 0 Å². The van der Waals surface area contributed by atoms with E-state index in [1.54, 1.807) is 6.20 Å². The van der Waals surface area contributed by atoms with Gasteiger partial charge < -0.3 is 9.42 Å². The molecule has 0 radical (unpaired) electrons. The van der Waals surface area contributed by atoms with Gasteiger partial charge in [0.25, 0.3) is 11.6 Å². The van der Waals surface area contributed by atoms with Crippen LogP contribution in [0.1, 0.15) is 39.5 Å². The third-order valence-electron chi connectivity index (χ3n) is 4.86. The number of carbonyl (C=O) groups excluding carboxylic acids is 1. The predicted octanol–water partition coefficient (Wildman–Crippen LogP) is 3.47. The summed E-state index contributed by atoms with van der Waals surface area (Å²) >= 11 is 0. The fourth-order valence-electron chi connectivity index (χ4n) is 3.49. The average molecular weight is 321 g/mol. The number of likely N-dealkylation sites (tertiary alicyclic amines) is 1. The molecule has 2 aromatic heterocycles. The van der Waals surface area contributed by atoms with Gasteiger partial charge in [0.15, 0.2) is 0 Å². The minimum atomic E-state index is 0.0288. The topological polar surface area (TPSA) is 59.2 Å². The highest BCUT2D eigenvalue weighted by atomic mass is 16.5. The summed E-state index contributed by atoms with van der Waals surface area (Å²) in [5.74, 6) is 0.435. The summed E-state index contributed by atoms with van der Waals surface area (Å²) in [4.78, 5) is 18.9. The maximum Gasteiger partial charge on any atom is 0.257 e. The van der Waals surface area contributed by atoms with E-state index in [4.69, 9.17) is 4.52 Å².